The van der Waals surface area contributed by atoms with Gasteiger partial charge in [0.15, 0.2) is 5.82 Å². The van der Waals surface area contributed by atoms with Crippen LogP contribution in [0.15, 0.2) is 18.3 Å². The predicted octanol–water partition coefficient (Wildman–Crippen LogP) is 2.48. The molecule has 6 heteroatoms. The van der Waals surface area contributed by atoms with Gasteiger partial charge in [-0.25, -0.2) is 4.98 Å². The van der Waals surface area contributed by atoms with Crippen molar-refractivity contribution in [2.45, 2.75) is 39.2 Å². The zero-order valence-electron chi connectivity index (χ0n) is 13.1. The van der Waals surface area contributed by atoms with Crippen molar-refractivity contribution in [3.63, 3.8) is 0 Å². The van der Waals surface area contributed by atoms with E-state index in [-0.39, 0.29) is 11.8 Å². The van der Waals surface area contributed by atoms with E-state index in [0.29, 0.717) is 18.1 Å². The monoisotopic (exact) mass is 300 g/mol. The van der Waals surface area contributed by atoms with Gasteiger partial charge in [0.1, 0.15) is 0 Å². The summed E-state index contributed by atoms with van der Waals surface area (Å²) in [5.74, 6) is 1.23. The molecule has 2 aromatic heterocycles. The van der Waals surface area contributed by atoms with Crippen molar-refractivity contribution in [2.24, 2.45) is 0 Å². The summed E-state index contributed by atoms with van der Waals surface area (Å²) in [7, 11) is 1.59. The highest BCUT2D eigenvalue weighted by molar-refractivity contribution is 5.94. The van der Waals surface area contributed by atoms with Crippen LogP contribution >= 0.6 is 0 Å². The summed E-state index contributed by atoms with van der Waals surface area (Å²) >= 11 is 0. The van der Waals surface area contributed by atoms with E-state index < -0.39 is 0 Å². The molecule has 0 saturated heterocycles. The van der Waals surface area contributed by atoms with E-state index in [1.165, 1.54) is 0 Å². The van der Waals surface area contributed by atoms with Crippen molar-refractivity contribution in [3.05, 3.63) is 35.2 Å². The van der Waals surface area contributed by atoms with Gasteiger partial charge < -0.3 is 10.1 Å². The molecule has 1 unspecified atom stereocenters. The number of anilines is 1. The number of nitrogens with one attached hydrogen (secondary N) is 1. The highest BCUT2D eigenvalue weighted by Gasteiger charge is 2.32. The van der Waals surface area contributed by atoms with Crippen LogP contribution in [0.1, 0.15) is 42.5 Å². The molecule has 1 aliphatic heterocycles. The molecule has 0 saturated carbocycles. The molecule has 1 atom stereocenters. The maximum atomic E-state index is 12.0. The van der Waals surface area contributed by atoms with Crippen LogP contribution in [0, 0.1) is 6.92 Å². The summed E-state index contributed by atoms with van der Waals surface area (Å²) in [6.07, 6.45) is 3.13. The zero-order valence-corrected chi connectivity index (χ0v) is 13.1. The molecule has 3 rings (SSSR count). The molecule has 0 bridgehead atoms. The first-order valence-electron chi connectivity index (χ1n) is 7.51. The fraction of sp³-hybridized carbons (Fsp3) is 0.438. The van der Waals surface area contributed by atoms with Gasteiger partial charge in [0, 0.05) is 42.4 Å². The number of carbonyl (C=O) groups is 1. The SMILES string of the molecule is CCCn1nc2c(c1C)C(c1ccnc(OC)c1)CC(=O)N2. The number of carbonyl (C=O) groups excluding carboxylic acids is 1. The molecule has 1 amide bonds. The molecule has 0 aliphatic carbocycles. The highest BCUT2D eigenvalue weighted by Crippen LogP contribution is 2.39. The second-order valence-electron chi connectivity index (χ2n) is 5.51. The Labute approximate surface area is 129 Å². The van der Waals surface area contributed by atoms with Crippen molar-refractivity contribution >= 4 is 11.7 Å². The molecule has 22 heavy (non-hydrogen) atoms. The lowest BCUT2D eigenvalue weighted by atomic mass is 9.86. The quantitative estimate of drug-likeness (QED) is 0.942. The molecule has 6 nitrogen and oxygen atoms in total. The minimum Gasteiger partial charge on any atom is -0.481 e. The number of amides is 1. The Kier molecular flexibility index (Phi) is 3.83. The number of rotatable bonds is 4. The topological polar surface area (TPSA) is 69.0 Å². The van der Waals surface area contributed by atoms with Gasteiger partial charge >= 0.3 is 0 Å². The Morgan fingerprint density at radius 1 is 1.50 bits per heavy atom. The fourth-order valence-electron chi connectivity index (χ4n) is 3.01. The van der Waals surface area contributed by atoms with E-state index in [2.05, 4.69) is 29.2 Å². The summed E-state index contributed by atoms with van der Waals surface area (Å²) in [6.45, 7) is 5.02. The van der Waals surface area contributed by atoms with Gasteiger partial charge in [-0.2, -0.15) is 5.10 Å². The Morgan fingerprint density at radius 2 is 2.32 bits per heavy atom. The standard InChI is InChI=1S/C16H20N4O2/c1-4-7-20-10(2)15-12(9-13(21)18-16(15)19-20)11-5-6-17-14(8-11)22-3/h5-6,8,12H,4,7,9H2,1-3H3,(H,18,19,21). The Morgan fingerprint density at radius 3 is 3.05 bits per heavy atom. The minimum atomic E-state index is -0.00810. The van der Waals surface area contributed by atoms with Crippen LogP contribution in [0.4, 0.5) is 5.82 Å². The fourth-order valence-corrected chi connectivity index (χ4v) is 3.01. The number of fused-ring (bicyclic) bond motifs is 1. The molecular formula is C16H20N4O2. The number of aryl methyl sites for hydroxylation is 1. The van der Waals surface area contributed by atoms with Crippen molar-refractivity contribution < 1.29 is 9.53 Å². The maximum Gasteiger partial charge on any atom is 0.226 e. The third kappa shape index (κ3) is 2.45. The summed E-state index contributed by atoms with van der Waals surface area (Å²) in [5, 5.41) is 7.44. The molecule has 2 aromatic rings. The maximum absolute atomic E-state index is 12.0. The van der Waals surface area contributed by atoms with E-state index in [9.17, 15) is 4.79 Å². The first-order valence-corrected chi connectivity index (χ1v) is 7.51. The molecule has 116 valence electrons. The lowest BCUT2D eigenvalue weighted by Crippen LogP contribution is -2.23. The Hall–Kier alpha value is -2.37. The van der Waals surface area contributed by atoms with E-state index in [0.717, 1.165) is 29.8 Å². The van der Waals surface area contributed by atoms with Gasteiger partial charge in [-0.05, 0) is 25.0 Å². The summed E-state index contributed by atoms with van der Waals surface area (Å²) < 4.78 is 7.18. The predicted molar refractivity (Wildman–Crippen MR) is 83.1 cm³/mol. The van der Waals surface area contributed by atoms with E-state index in [1.54, 1.807) is 13.3 Å². The van der Waals surface area contributed by atoms with Crippen LogP contribution in [0.2, 0.25) is 0 Å². The molecular weight excluding hydrogens is 280 g/mol. The summed E-state index contributed by atoms with van der Waals surface area (Å²) in [4.78, 5) is 16.2. The molecule has 0 fully saturated rings. The van der Waals surface area contributed by atoms with Crippen LogP contribution in [0.25, 0.3) is 0 Å². The Balaban J connectivity index is 2.08. The van der Waals surface area contributed by atoms with Crippen LogP contribution < -0.4 is 10.1 Å². The molecule has 1 N–H and O–H groups in total. The van der Waals surface area contributed by atoms with E-state index in [1.807, 2.05) is 16.8 Å². The number of nitrogens with zero attached hydrogens (tertiary/aromatic N) is 3. The molecule has 3 heterocycles. The van der Waals surface area contributed by atoms with Gasteiger partial charge in [0.25, 0.3) is 0 Å². The second kappa shape index (κ2) is 5.79. The molecule has 0 aromatic carbocycles. The molecule has 0 radical (unpaired) electrons. The number of ether oxygens (including phenoxy) is 1. The van der Waals surface area contributed by atoms with Crippen molar-refractivity contribution in [2.75, 3.05) is 12.4 Å². The third-order valence-electron chi connectivity index (χ3n) is 4.05. The second-order valence-corrected chi connectivity index (χ2v) is 5.51. The van der Waals surface area contributed by atoms with Crippen LogP contribution in [-0.4, -0.2) is 27.8 Å². The number of aromatic nitrogens is 3. The lowest BCUT2D eigenvalue weighted by molar-refractivity contribution is -0.116. The van der Waals surface area contributed by atoms with Gasteiger partial charge in [-0.3, -0.25) is 9.48 Å². The van der Waals surface area contributed by atoms with Crippen LogP contribution in [0.5, 0.6) is 5.88 Å². The third-order valence-corrected chi connectivity index (χ3v) is 4.05. The Bertz CT molecular complexity index is 708. The lowest BCUT2D eigenvalue weighted by Gasteiger charge is -2.23. The number of hydrogen-bond acceptors (Lipinski definition) is 4. The number of pyridine rings is 1. The van der Waals surface area contributed by atoms with Crippen LogP contribution in [0.3, 0.4) is 0 Å². The van der Waals surface area contributed by atoms with Crippen molar-refractivity contribution in [1.29, 1.82) is 0 Å². The van der Waals surface area contributed by atoms with E-state index in [4.69, 9.17) is 4.74 Å². The van der Waals surface area contributed by atoms with E-state index >= 15 is 0 Å². The van der Waals surface area contributed by atoms with Crippen molar-refractivity contribution in [3.8, 4) is 5.88 Å². The first-order chi connectivity index (χ1) is 10.6. The largest absolute Gasteiger partial charge is 0.481 e. The summed E-state index contributed by atoms with van der Waals surface area (Å²) in [5.41, 5.74) is 3.24. The molecule has 0 spiro atoms. The van der Waals surface area contributed by atoms with Crippen molar-refractivity contribution in [1.82, 2.24) is 14.8 Å². The smallest absolute Gasteiger partial charge is 0.226 e. The highest BCUT2D eigenvalue weighted by atomic mass is 16.5. The van der Waals surface area contributed by atoms with Crippen LogP contribution in [-0.2, 0) is 11.3 Å². The number of hydrogen-bond donors (Lipinski definition) is 1. The average molecular weight is 300 g/mol. The minimum absolute atomic E-state index is 0.00516. The van der Waals surface area contributed by atoms with Gasteiger partial charge in [-0.1, -0.05) is 6.92 Å². The summed E-state index contributed by atoms with van der Waals surface area (Å²) in [6, 6.07) is 3.83. The number of methoxy groups -OCH3 is 1. The molecule has 1 aliphatic rings. The van der Waals surface area contributed by atoms with Gasteiger partial charge in [0.05, 0.1) is 7.11 Å². The van der Waals surface area contributed by atoms with Gasteiger partial charge in [0.2, 0.25) is 11.8 Å². The average Bonchev–Trinajstić information content (AvgIpc) is 2.83. The normalized spacial score (nSPS) is 17.0. The first kappa shape index (κ1) is 14.6. The van der Waals surface area contributed by atoms with Gasteiger partial charge in [-0.15, -0.1) is 0 Å². The zero-order chi connectivity index (χ0) is 15.7.